The van der Waals surface area contributed by atoms with Crippen LogP contribution in [0.25, 0.3) is 0 Å². The van der Waals surface area contributed by atoms with E-state index in [1.807, 2.05) is 50.2 Å². The van der Waals surface area contributed by atoms with Gasteiger partial charge in [0.15, 0.2) is 0 Å². The molecule has 1 saturated heterocycles. The molecular formula is C20H24N2O4. The van der Waals surface area contributed by atoms with E-state index in [-0.39, 0.29) is 12.0 Å². The summed E-state index contributed by atoms with van der Waals surface area (Å²) in [7, 11) is 1.54. The summed E-state index contributed by atoms with van der Waals surface area (Å²) in [5.74, 6) is -1.24. The number of likely N-dealkylation sites (tertiary alicyclic amines) is 1. The maximum Gasteiger partial charge on any atom is 0.326 e. The van der Waals surface area contributed by atoms with Crippen LogP contribution in [0.3, 0.4) is 0 Å². The summed E-state index contributed by atoms with van der Waals surface area (Å²) < 4.78 is 7.37. The molecule has 1 aromatic heterocycles. The number of nitrogens with zero attached hydrogens (tertiary/aromatic N) is 2. The number of benzene rings is 1. The summed E-state index contributed by atoms with van der Waals surface area (Å²) in [5.41, 5.74) is 3.53. The first-order chi connectivity index (χ1) is 12.4. The lowest BCUT2D eigenvalue weighted by atomic mass is 10.1. The average Bonchev–Trinajstić information content (AvgIpc) is 3.19. The van der Waals surface area contributed by atoms with Gasteiger partial charge in [0, 0.05) is 38.0 Å². The predicted octanol–water partition coefficient (Wildman–Crippen LogP) is 2.47. The molecule has 0 aliphatic carbocycles. The fourth-order valence-corrected chi connectivity index (χ4v) is 3.61. The molecule has 0 radical (unpaired) electrons. The van der Waals surface area contributed by atoms with Gasteiger partial charge in [-0.15, -0.1) is 0 Å². The Hall–Kier alpha value is -2.60. The summed E-state index contributed by atoms with van der Waals surface area (Å²) in [6, 6.07) is 11.0. The number of methoxy groups -OCH3 is 1. The molecule has 1 aliphatic heterocycles. The molecule has 138 valence electrons. The number of carbonyl (C=O) groups is 2. The molecule has 6 nitrogen and oxygen atoms in total. The first kappa shape index (κ1) is 18.2. The van der Waals surface area contributed by atoms with Crippen molar-refractivity contribution in [3.8, 4) is 0 Å². The van der Waals surface area contributed by atoms with Crippen molar-refractivity contribution in [2.24, 2.45) is 0 Å². The highest BCUT2D eigenvalue weighted by molar-refractivity contribution is 5.98. The number of aliphatic carboxylic acids is 1. The van der Waals surface area contributed by atoms with Crippen molar-refractivity contribution in [1.29, 1.82) is 0 Å². The molecule has 6 heteroatoms. The van der Waals surface area contributed by atoms with Gasteiger partial charge in [-0.05, 0) is 25.5 Å². The van der Waals surface area contributed by atoms with Crippen molar-refractivity contribution < 1.29 is 19.4 Å². The largest absolute Gasteiger partial charge is 0.480 e. The molecule has 3 rings (SSSR count). The van der Waals surface area contributed by atoms with Crippen molar-refractivity contribution in [2.75, 3.05) is 13.7 Å². The molecule has 2 heterocycles. The highest BCUT2D eigenvalue weighted by Crippen LogP contribution is 2.25. The predicted molar refractivity (Wildman–Crippen MR) is 97.3 cm³/mol. The zero-order chi connectivity index (χ0) is 18.8. The fourth-order valence-electron chi connectivity index (χ4n) is 3.61. The smallest absolute Gasteiger partial charge is 0.326 e. The number of ether oxygens (including phenoxy) is 1. The fraction of sp³-hybridized carbons (Fsp3) is 0.400. The number of carboxylic acid groups (broad SMARTS) is 1. The number of hydrogen-bond acceptors (Lipinski definition) is 3. The Morgan fingerprint density at radius 2 is 1.92 bits per heavy atom. The van der Waals surface area contributed by atoms with Gasteiger partial charge in [-0.2, -0.15) is 0 Å². The maximum atomic E-state index is 13.1. The molecule has 0 bridgehead atoms. The second-order valence-electron chi connectivity index (χ2n) is 6.76. The molecule has 1 N–H and O–H groups in total. The van der Waals surface area contributed by atoms with Gasteiger partial charge in [-0.25, -0.2) is 4.79 Å². The van der Waals surface area contributed by atoms with Crippen molar-refractivity contribution in [3.63, 3.8) is 0 Å². The van der Waals surface area contributed by atoms with Crippen molar-refractivity contribution in [3.05, 3.63) is 58.9 Å². The number of amides is 1. The molecule has 2 unspecified atom stereocenters. The highest BCUT2D eigenvalue weighted by atomic mass is 16.5. The molecule has 26 heavy (non-hydrogen) atoms. The van der Waals surface area contributed by atoms with E-state index in [0.717, 1.165) is 17.0 Å². The van der Waals surface area contributed by atoms with Gasteiger partial charge >= 0.3 is 5.97 Å². The summed E-state index contributed by atoms with van der Waals surface area (Å²) in [6.07, 6.45) is 0.0770. The number of rotatable bonds is 5. The molecule has 0 spiro atoms. The number of carbonyl (C=O) groups excluding carboxylic acids is 1. The quantitative estimate of drug-likeness (QED) is 0.893. The molecule has 1 aliphatic rings. The lowest BCUT2D eigenvalue weighted by Gasteiger charge is -2.21. The van der Waals surface area contributed by atoms with Crippen LogP contribution in [0.2, 0.25) is 0 Å². The molecule has 1 aromatic carbocycles. The average molecular weight is 356 g/mol. The van der Waals surface area contributed by atoms with Gasteiger partial charge in [-0.1, -0.05) is 30.3 Å². The zero-order valence-corrected chi connectivity index (χ0v) is 15.3. The SMILES string of the molecule is COC1CC(C(=O)O)N(C(=O)c2cc(C)n(Cc3ccccc3)c2C)C1. The van der Waals surface area contributed by atoms with Gasteiger partial charge in [0.2, 0.25) is 0 Å². The third kappa shape index (κ3) is 3.37. The van der Waals surface area contributed by atoms with Crippen molar-refractivity contribution >= 4 is 11.9 Å². The summed E-state index contributed by atoms with van der Waals surface area (Å²) in [6.45, 7) is 4.84. The van der Waals surface area contributed by atoms with E-state index in [9.17, 15) is 14.7 Å². The van der Waals surface area contributed by atoms with Crippen LogP contribution in [0.1, 0.15) is 33.7 Å². The lowest BCUT2D eigenvalue weighted by Crippen LogP contribution is -2.40. The number of carboxylic acids is 1. The Morgan fingerprint density at radius 3 is 2.54 bits per heavy atom. The van der Waals surface area contributed by atoms with E-state index in [1.165, 1.54) is 4.90 Å². The minimum atomic E-state index is -0.990. The van der Waals surface area contributed by atoms with Crippen LogP contribution in [0.4, 0.5) is 0 Å². The summed E-state index contributed by atoms with van der Waals surface area (Å²) in [5, 5.41) is 9.46. The van der Waals surface area contributed by atoms with Gasteiger partial charge in [-0.3, -0.25) is 4.79 Å². The Bertz CT molecular complexity index is 813. The topological polar surface area (TPSA) is 71.8 Å². The molecule has 2 atom stereocenters. The number of aromatic nitrogens is 1. The summed E-state index contributed by atoms with van der Waals surface area (Å²) in [4.78, 5) is 26.0. The van der Waals surface area contributed by atoms with Crippen LogP contribution in [-0.4, -0.2) is 52.3 Å². The van der Waals surface area contributed by atoms with Gasteiger partial charge in [0.25, 0.3) is 5.91 Å². The van der Waals surface area contributed by atoms with E-state index in [0.29, 0.717) is 25.1 Å². The Labute approximate surface area is 153 Å². The Kier molecular flexibility index (Phi) is 5.13. The van der Waals surface area contributed by atoms with Crippen LogP contribution in [0.5, 0.6) is 0 Å². The van der Waals surface area contributed by atoms with Crippen LogP contribution in [0.15, 0.2) is 36.4 Å². The van der Waals surface area contributed by atoms with Crippen LogP contribution in [-0.2, 0) is 16.1 Å². The third-order valence-corrected chi connectivity index (χ3v) is 5.13. The van der Waals surface area contributed by atoms with E-state index in [1.54, 1.807) is 7.11 Å². The van der Waals surface area contributed by atoms with E-state index < -0.39 is 12.0 Å². The molecular weight excluding hydrogens is 332 g/mol. The van der Waals surface area contributed by atoms with Crippen molar-refractivity contribution in [1.82, 2.24) is 9.47 Å². The third-order valence-electron chi connectivity index (χ3n) is 5.13. The standard InChI is InChI=1S/C20H24N2O4/c1-13-9-17(14(2)21(13)11-15-7-5-4-6-8-15)19(23)22-12-16(26-3)10-18(22)20(24)25/h4-9,16,18H,10-12H2,1-3H3,(H,24,25). The normalized spacial score (nSPS) is 19.7. The first-order valence-electron chi connectivity index (χ1n) is 8.69. The maximum absolute atomic E-state index is 13.1. The molecule has 1 fully saturated rings. The Balaban J connectivity index is 1.88. The monoisotopic (exact) mass is 356 g/mol. The van der Waals surface area contributed by atoms with Gasteiger partial charge < -0.3 is 19.3 Å². The van der Waals surface area contributed by atoms with Crippen LogP contribution < -0.4 is 0 Å². The first-order valence-corrected chi connectivity index (χ1v) is 8.69. The van der Waals surface area contributed by atoms with Gasteiger partial charge in [0.05, 0.1) is 11.7 Å². The van der Waals surface area contributed by atoms with Crippen LogP contribution >= 0.6 is 0 Å². The summed E-state index contributed by atoms with van der Waals surface area (Å²) >= 11 is 0. The Morgan fingerprint density at radius 1 is 1.23 bits per heavy atom. The van der Waals surface area contributed by atoms with Gasteiger partial charge in [0.1, 0.15) is 6.04 Å². The van der Waals surface area contributed by atoms with E-state index in [4.69, 9.17) is 4.74 Å². The zero-order valence-electron chi connectivity index (χ0n) is 15.3. The minimum absolute atomic E-state index is 0.243. The highest BCUT2D eigenvalue weighted by Gasteiger charge is 2.40. The lowest BCUT2D eigenvalue weighted by molar-refractivity contribution is -0.141. The molecule has 1 amide bonds. The number of aryl methyl sites for hydroxylation is 1. The molecule has 0 saturated carbocycles. The van der Waals surface area contributed by atoms with Crippen molar-refractivity contribution in [2.45, 2.75) is 39.0 Å². The number of hydrogen-bond donors (Lipinski definition) is 1. The minimum Gasteiger partial charge on any atom is -0.480 e. The van der Waals surface area contributed by atoms with Crippen LogP contribution in [0, 0.1) is 13.8 Å². The van der Waals surface area contributed by atoms with E-state index in [2.05, 4.69) is 4.57 Å². The van der Waals surface area contributed by atoms with E-state index >= 15 is 0 Å². The molecule has 2 aromatic rings. The second kappa shape index (κ2) is 7.33. The second-order valence-corrected chi connectivity index (χ2v) is 6.76.